The molecule has 4 heteroatoms. The number of ketones is 2. The van der Waals surface area contributed by atoms with Crippen molar-refractivity contribution in [2.24, 2.45) is 0 Å². The van der Waals surface area contributed by atoms with Gasteiger partial charge in [0.15, 0.2) is 5.78 Å². The molecule has 0 bridgehead atoms. The van der Waals surface area contributed by atoms with E-state index in [2.05, 4.69) is 0 Å². The number of aliphatic hydroxyl groups excluding tert-OH is 1. The number of allylic oxidation sites excluding steroid dienone is 3. The van der Waals surface area contributed by atoms with Crippen LogP contribution in [0.5, 0.6) is 0 Å². The molecule has 0 saturated heterocycles. The lowest BCUT2D eigenvalue weighted by Crippen LogP contribution is -2.25. The van der Waals surface area contributed by atoms with E-state index in [0.29, 0.717) is 23.4 Å². The molecule has 0 fully saturated rings. The molecule has 4 rings (SSSR count). The van der Waals surface area contributed by atoms with Crippen LogP contribution in [0.2, 0.25) is 0 Å². The summed E-state index contributed by atoms with van der Waals surface area (Å²) in [6.45, 7) is 2.68. The summed E-state index contributed by atoms with van der Waals surface area (Å²) in [5, 5.41) is 10.4. The number of likely N-dealkylation sites (N-methyl/N-ethyl adjacent to an activating group) is 1. The molecular weight excluding hydrogens is 326 g/mol. The molecule has 1 aliphatic carbocycles. The predicted octanol–water partition coefficient (Wildman–Crippen LogP) is 4.16. The minimum atomic E-state index is -0.485. The Morgan fingerprint density at radius 2 is 1.73 bits per heavy atom. The first kappa shape index (κ1) is 16.1. The van der Waals surface area contributed by atoms with Crippen LogP contribution in [0.3, 0.4) is 0 Å². The second-order valence-electron chi connectivity index (χ2n) is 6.17. The number of Topliss-reactive ketones (excluding diaryl/α,β-unsaturated/α-hetero) is 1. The third kappa shape index (κ3) is 2.39. The van der Waals surface area contributed by atoms with Crippen LogP contribution < -0.4 is 4.90 Å². The van der Waals surface area contributed by atoms with E-state index in [-0.39, 0.29) is 11.3 Å². The summed E-state index contributed by atoms with van der Waals surface area (Å²) in [6, 6.07) is 14.6. The Labute approximate surface area is 151 Å². The van der Waals surface area contributed by atoms with E-state index in [4.69, 9.17) is 0 Å². The third-order valence-electron chi connectivity index (χ3n) is 4.71. The average molecular weight is 343 g/mol. The highest BCUT2D eigenvalue weighted by Crippen LogP contribution is 2.33. The largest absolute Gasteiger partial charge is 0.506 e. The van der Waals surface area contributed by atoms with Gasteiger partial charge >= 0.3 is 0 Å². The minimum Gasteiger partial charge on any atom is -0.506 e. The fourth-order valence-corrected chi connectivity index (χ4v) is 3.46. The smallest absolute Gasteiger partial charge is 0.201 e. The molecule has 0 aromatic heterocycles. The third-order valence-corrected chi connectivity index (χ3v) is 4.71. The second-order valence-corrected chi connectivity index (χ2v) is 6.17. The molecule has 0 unspecified atom stereocenters. The van der Waals surface area contributed by atoms with E-state index in [9.17, 15) is 14.7 Å². The van der Waals surface area contributed by atoms with Gasteiger partial charge in [-0.2, -0.15) is 0 Å². The summed E-state index contributed by atoms with van der Waals surface area (Å²) < 4.78 is 0. The van der Waals surface area contributed by atoms with Gasteiger partial charge in [-0.3, -0.25) is 9.59 Å². The van der Waals surface area contributed by atoms with Crippen molar-refractivity contribution in [1.82, 2.24) is 0 Å². The lowest BCUT2D eigenvalue weighted by molar-refractivity contribution is -0.111. The van der Waals surface area contributed by atoms with E-state index in [1.165, 1.54) is 6.08 Å². The summed E-state index contributed by atoms with van der Waals surface area (Å²) in [5.41, 5.74) is 3.39. The number of hydrogen-bond acceptors (Lipinski definition) is 4. The Hall–Kier alpha value is -3.40. The Kier molecular flexibility index (Phi) is 3.81. The number of benzene rings is 2. The van der Waals surface area contributed by atoms with E-state index >= 15 is 0 Å². The highest BCUT2D eigenvalue weighted by atomic mass is 16.3. The van der Waals surface area contributed by atoms with Gasteiger partial charge in [-0.05, 0) is 24.6 Å². The lowest BCUT2D eigenvalue weighted by Gasteiger charge is -2.29. The van der Waals surface area contributed by atoms with Gasteiger partial charge in [0.2, 0.25) is 5.78 Å². The van der Waals surface area contributed by atoms with Crippen LogP contribution in [0.1, 0.15) is 28.4 Å². The number of fused-ring (bicyclic) bond motifs is 2. The number of para-hydroxylation sites is 1. The molecule has 4 nitrogen and oxygen atoms in total. The normalized spacial score (nSPS) is 16.9. The molecule has 128 valence electrons. The van der Waals surface area contributed by atoms with Gasteiger partial charge in [0, 0.05) is 35.1 Å². The molecule has 2 aromatic carbocycles. The average Bonchev–Trinajstić information content (AvgIpc) is 2.92. The van der Waals surface area contributed by atoms with E-state index in [1.54, 1.807) is 24.3 Å². The molecule has 0 atom stereocenters. The van der Waals surface area contributed by atoms with Crippen LogP contribution >= 0.6 is 0 Å². The second kappa shape index (κ2) is 6.15. The number of aliphatic hydroxyl groups is 1. The highest BCUT2D eigenvalue weighted by molar-refractivity contribution is 6.36. The maximum absolute atomic E-state index is 12.8. The van der Waals surface area contributed by atoms with Gasteiger partial charge in [-0.15, -0.1) is 0 Å². The molecular formula is C22H17NO3. The van der Waals surface area contributed by atoms with Crippen molar-refractivity contribution in [3.05, 3.63) is 88.6 Å². The molecule has 1 heterocycles. The first-order valence-corrected chi connectivity index (χ1v) is 8.50. The van der Waals surface area contributed by atoms with Crippen molar-refractivity contribution < 1.29 is 14.7 Å². The maximum atomic E-state index is 12.8. The summed E-state index contributed by atoms with van der Waals surface area (Å²) in [7, 11) is 0. The molecule has 1 N–H and O–H groups in total. The van der Waals surface area contributed by atoms with Crippen LogP contribution in [-0.4, -0.2) is 23.2 Å². The zero-order valence-corrected chi connectivity index (χ0v) is 14.3. The molecule has 2 aromatic rings. The van der Waals surface area contributed by atoms with Gasteiger partial charge < -0.3 is 10.0 Å². The van der Waals surface area contributed by atoms with Crippen molar-refractivity contribution in [2.45, 2.75) is 6.92 Å². The van der Waals surface area contributed by atoms with Crippen LogP contribution in [0.4, 0.5) is 5.69 Å². The van der Waals surface area contributed by atoms with Crippen molar-refractivity contribution in [1.29, 1.82) is 0 Å². The van der Waals surface area contributed by atoms with Gasteiger partial charge in [0.1, 0.15) is 11.3 Å². The number of carbonyl (C=O) groups excluding carboxylic acids is 2. The summed E-state index contributed by atoms with van der Waals surface area (Å²) in [6.07, 6.45) is 5.22. The van der Waals surface area contributed by atoms with Crippen molar-refractivity contribution in [2.75, 3.05) is 11.4 Å². The van der Waals surface area contributed by atoms with Gasteiger partial charge in [-0.1, -0.05) is 48.5 Å². The molecule has 0 radical (unpaired) electrons. The SMILES string of the molecule is CCN1/C(=C/C(=O)C2=C(O)c3ccccc3C2=O)C=Cc2ccccc21. The maximum Gasteiger partial charge on any atom is 0.201 e. The van der Waals surface area contributed by atoms with Gasteiger partial charge in [-0.25, -0.2) is 0 Å². The van der Waals surface area contributed by atoms with Crippen LogP contribution in [-0.2, 0) is 4.79 Å². The molecule has 1 aliphatic heterocycles. The standard InChI is InChI=1S/C22H17NO3/c1-2-23-15(12-11-14-7-3-6-10-18(14)23)13-19(24)20-21(25)16-8-4-5-9-17(16)22(20)26/h3-13,25H,2H2,1H3/b15-13+. The summed E-state index contributed by atoms with van der Waals surface area (Å²) in [5.74, 6) is -1.15. The monoisotopic (exact) mass is 343 g/mol. The highest BCUT2D eigenvalue weighted by Gasteiger charge is 2.33. The van der Waals surface area contributed by atoms with E-state index < -0.39 is 11.6 Å². The number of nitrogens with zero attached hydrogens (tertiary/aromatic N) is 1. The van der Waals surface area contributed by atoms with Crippen molar-refractivity contribution >= 4 is 29.1 Å². The fraction of sp³-hybridized carbons (Fsp3) is 0.0909. The van der Waals surface area contributed by atoms with E-state index in [1.807, 2.05) is 48.2 Å². The quantitative estimate of drug-likeness (QED) is 0.672. The van der Waals surface area contributed by atoms with Crippen LogP contribution in [0.15, 0.2) is 72.0 Å². The number of rotatable bonds is 3. The zero-order chi connectivity index (χ0) is 18.3. The van der Waals surface area contributed by atoms with Crippen molar-refractivity contribution in [3.63, 3.8) is 0 Å². The Morgan fingerprint density at radius 1 is 1.04 bits per heavy atom. The zero-order valence-electron chi connectivity index (χ0n) is 14.3. The Morgan fingerprint density at radius 3 is 2.46 bits per heavy atom. The Bertz CT molecular complexity index is 1030. The minimum absolute atomic E-state index is 0.165. The fourth-order valence-electron chi connectivity index (χ4n) is 3.46. The first-order chi connectivity index (χ1) is 12.6. The Balaban J connectivity index is 1.73. The topological polar surface area (TPSA) is 57.6 Å². The van der Waals surface area contributed by atoms with Gasteiger partial charge in [0.25, 0.3) is 0 Å². The number of hydrogen-bond donors (Lipinski definition) is 1. The first-order valence-electron chi connectivity index (χ1n) is 8.50. The summed E-state index contributed by atoms with van der Waals surface area (Å²) >= 11 is 0. The predicted molar refractivity (Wildman–Crippen MR) is 102 cm³/mol. The van der Waals surface area contributed by atoms with Crippen molar-refractivity contribution in [3.8, 4) is 0 Å². The van der Waals surface area contributed by atoms with Gasteiger partial charge in [0.05, 0.1) is 0 Å². The molecule has 0 amide bonds. The molecule has 2 aliphatic rings. The van der Waals surface area contributed by atoms with Crippen LogP contribution in [0, 0.1) is 0 Å². The number of anilines is 1. The molecule has 26 heavy (non-hydrogen) atoms. The lowest BCUT2D eigenvalue weighted by atomic mass is 10.0. The number of carbonyl (C=O) groups is 2. The molecule has 0 spiro atoms. The molecule has 0 saturated carbocycles. The van der Waals surface area contributed by atoms with Crippen LogP contribution in [0.25, 0.3) is 11.8 Å². The summed E-state index contributed by atoms with van der Waals surface area (Å²) in [4.78, 5) is 27.4. The van der Waals surface area contributed by atoms with E-state index in [0.717, 1.165) is 11.3 Å².